The summed E-state index contributed by atoms with van der Waals surface area (Å²) in [5.74, 6) is 1.13. The van der Waals surface area contributed by atoms with Crippen LogP contribution < -0.4 is 16.4 Å². The highest BCUT2D eigenvalue weighted by molar-refractivity contribution is 8.32. The summed E-state index contributed by atoms with van der Waals surface area (Å²) in [4.78, 5) is 1.47. The molecule has 254 valence electrons. The van der Waals surface area contributed by atoms with Gasteiger partial charge in [-0.15, -0.1) is 0 Å². The maximum absolute atomic E-state index is 2.67. The van der Waals surface area contributed by atoms with Crippen LogP contribution in [-0.2, 0) is 0 Å². The van der Waals surface area contributed by atoms with Crippen LogP contribution in [0, 0.1) is 0 Å². The van der Waals surface area contributed by atoms with Crippen LogP contribution in [0.25, 0.3) is 98.1 Å². The molecule has 0 N–H and O–H groups in total. The topological polar surface area (TPSA) is 9.86 Å². The molecule has 13 rings (SSSR count). The molecule has 0 amide bonds. The van der Waals surface area contributed by atoms with E-state index in [1.807, 2.05) is 0 Å². The molecule has 0 saturated heterocycles. The zero-order valence-corrected chi connectivity index (χ0v) is 31.3. The normalized spacial score (nSPS) is 13.8. The Morgan fingerprint density at radius 1 is 0.463 bits per heavy atom. The molecule has 54 heavy (non-hydrogen) atoms. The Morgan fingerprint density at radius 3 is 1.31 bits per heavy atom. The largest absolute Gasteiger partial charge is 0.310 e. The van der Waals surface area contributed by atoms with Gasteiger partial charge in [0.25, 0.3) is 6.71 Å². The van der Waals surface area contributed by atoms with E-state index >= 15 is 0 Å². The minimum absolute atomic E-state index is 0.0779. The number of benzene rings is 9. The average Bonchev–Trinajstić information content (AvgIpc) is 3.76. The Balaban J connectivity index is 1.34. The summed E-state index contributed by atoms with van der Waals surface area (Å²) in [5.41, 5.74) is 12.2. The first-order valence-corrected chi connectivity index (χ1v) is 21.8. The maximum Gasteiger partial charge on any atom is 0.252 e. The van der Waals surface area contributed by atoms with Crippen LogP contribution in [0.1, 0.15) is 6.92 Å². The summed E-state index contributed by atoms with van der Waals surface area (Å²) in [6.45, 7) is 2.45. The lowest BCUT2D eigenvalue weighted by atomic mass is 9.34. The first kappa shape index (κ1) is 29.5. The molecule has 2 aromatic heterocycles. The molecule has 0 radical (unpaired) electrons. The van der Waals surface area contributed by atoms with Crippen molar-refractivity contribution in [2.75, 3.05) is 18.3 Å². The number of hydrogen-bond acceptors (Lipinski definition) is 0. The lowest BCUT2D eigenvalue weighted by molar-refractivity contribution is 1.12. The van der Waals surface area contributed by atoms with Crippen molar-refractivity contribution >= 4 is 120 Å². The smallest absolute Gasteiger partial charge is 0.252 e. The minimum atomic E-state index is -1.09. The highest BCUT2D eigenvalue weighted by Gasteiger charge is 2.42. The summed E-state index contributed by atoms with van der Waals surface area (Å²) < 4.78 is 5.35. The summed E-state index contributed by atoms with van der Waals surface area (Å²) in [5, 5.41) is 16.0. The highest BCUT2D eigenvalue weighted by atomic mass is 32.3. The molecule has 0 bridgehead atoms. The molecular formula is C50H35BN2S. The fourth-order valence-corrected chi connectivity index (χ4v) is 11.7. The van der Waals surface area contributed by atoms with Crippen molar-refractivity contribution in [1.29, 1.82) is 0 Å². The van der Waals surface area contributed by atoms with Gasteiger partial charge in [0, 0.05) is 32.9 Å². The molecule has 0 atom stereocenters. The Labute approximate surface area is 314 Å². The standard InChI is InChI=1S/C50H35BN2S/c1-4-54(2,3)33-27-42-48-43(28-33)53-41-24-22-30-14-6-10-18-35(30)45(41)47-37-20-12-8-16-32(37)26-39(50(47)53)51(48)38-25-31-15-7-11-19-36(31)46-44-34-17-9-5-13-29(34)21-23-40(44)52(42)49(38)46/h5-28H,4H2,1-3H3. The zero-order valence-electron chi connectivity index (χ0n) is 30.4. The van der Waals surface area contributed by atoms with Gasteiger partial charge in [-0.1, -0.05) is 128 Å². The third-order valence-electron chi connectivity index (χ3n) is 13.2. The van der Waals surface area contributed by atoms with E-state index in [0.29, 0.717) is 0 Å². The van der Waals surface area contributed by atoms with E-state index in [-0.39, 0.29) is 6.71 Å². The van der Waals surface area contributed by atoms with Crippen molar-refractivity contribution in [3.8, 4) is 11.4 Å². The molecule has 4 heterocycles. The minimum Gasteiger partial charge on any atom is -0.310 e. The van der Waals surface area contributed by atoms with Crippen LogP contribution >= 0.6 is 10.0 Å². The number of fused-ring (bicyclic) bond motifs is 18. The van der Waals surface area contributed by atoms with E-state index in [1.165, 1.54) is 119 Å². The maximum atomic E-state index is 2.67. The van der Waals surface area contributed by atoms with Gasteiger partial charge in [0.05, 0.1) is 22.1 Å². The van der Waals surface area contributed by atoms with Gasteiger partial charge >= 0.3 is 0 Å². The van der Waals surface area contributed by atoms with Gasteiger partial charge in [0.1, 0.15) is 0 Å². The molecule has 4 heteroatoms. The van der Waals surface area contributed by atoms with E-state index in [4.69, 9.17) is 0 Å². The quantitative estimate of drug-likeness (QED) is 0.158. The molecule has 0 unspecified atom stereocenters. The first-order chi connectivity index (χ1) is 26.5. The predicted octanol–water partition coefficient (Wildman–Crippen LogP) is 11.1. The van der Waals surface area contributed by atoms with E-state index in [2.05, 4.69) is 174 Å². The lowest BCUT2D eigenvalue weighted by Gasteiger charge is -2.37. The fraction of sp³-hybridized carbons (Fsp3) is 0.0800. The van der Waals surface area contributed by atoms with E-state index in [0.717, 1.165) is 5.75 Å². The number of aromatic nitrogens is 2. The SMILES string of the molecule is CCS(C)(C)c1cc2c3c(c1)-n1c4ccc5ccccc5c4c4c5ccccc5cc(c41)B3c1cc3ccccc3c3c4c5ccccc5ccc4n-2c13. The van der Waals surface area contributed by atoms with Crippen LogP contribution in [0.3, 0.4) is 0 Å². The van der Waals surface area contributed by atoms with Crippen molar-refractivity contribution in [3.05, 3.63) is 146 Å². The number of rotatable bonds is 2. The monoisotopic (exact) mass is 706 g/mol. The highest BCUT2D eigenvalue weighted by Crippen LogP contribution is 2.52. The van der Waals surface area contributed by atoms with Gasteiger partial charge in [-0.05, 0) is 107 Å². The molecule has 2 nitrogen and oxygen atoms in total. The van der Waals surface area contributed by atoms with Crippen LogP contribution in [0.5, 0.6) is 0 Å². The van der Waals surface area contributed by atoms with Crippen molar-refractivity contribution in [1.82, 2.24) is 9.13 Å². The molecule has 11 aromatic rings. The Kier molecular flexibility index (Phi) is 5.44. The van der Waals surface area contributed by atoms with Crippen molar-refractivity contribution in [3.63, 3.8) is 0 Å². The zero-order chi connectivity index (χ0) is 35.6. The third-order valence-corrected chi connectivity index (χ3v) is 16.2. The third kappa shape index (κ3) is 3.43. The van der Waals surface area contributed by atoms with Gasteiger partial charge in [0.2, 0.25) is 0 Å². The van der Waals surface area contributed by atoms with Crippen LogP contribution in [0.2, 0.25) is 0 Å². The summed E-state index contributed by atoms with van der Waals surface area (Å²) >= 11 is 0. The molecule has 9 aromatic carbocycles. The Bertz CT molecular complexity index is 3310. The average molecular weight is 707 g/mol. The molecule has 0 saturated carbocycles. The second-order valence-corrected chi connectivity index (χ2v) is 20.1. The summed E-state index contributed by atoms with van der Waals surface area (Å²) in [6, 6.07) is 55.9. The van der Waals surface area contributed by atoms with Crippen LogP contribution in [0.15, 0.2) is 150 Å². The van der Waals surface area contributed by atoms with Crippen molar-refractivity contribution in [2.45, 2.75) is 11.8 Å². The van der Waals surface area contributed by atoms with Crippen molar-refractivity contribution in [2.24, 2.45) is 0 Å². The van der Waals surface area contributed by atoms with E-state index in [1.54, 1.807) is 0 Å². The summed E-state index contributed by atoms with van der Waals surface area (Å²) in [6.07, 6.45) is 5.00. The van der Waals surface area contributed by atoms with Gasteiger partial charge in [0.15, 0.2) is 0 Å². The molecule has 2 aliphatic heterocycles. The Hall–Kier alpha value is -5.97. The van der Waals surface area contributed by atoms with E-state index < -0.39 is 10.0 Å². The van der Waals surface area contributed by atoms with E-state index in [9.17, 15) is 0 Å². The van der Waals surface area contributed by atoms with Crippen molar-refractivity contribution < 1.29 is 0 Å². The van der Waals surface area contributed by atoms with Gasteiger partial charge in [-0.2, -0.15) is 0 Å². The fourth-order valence-electron chi connectivity index (χ4n) is 10.5. The molecule has 0 fully saturated rings. The molecular weight excluding hydrogens is 671 g/mol. The number of hydrogen-bond donors (Lipinski definition) is 0. The second-order valence-electron chi connectivity index (χ2n) is 16.0. The van der Waals surface area contributed by atoms with Crippen LogP contribution in [0.4, 0.5) is 0 Å². The Morgan fingerprint density at radius 2 is 0.870 bits per heavy atom. The predicted molar refractivity (Wildman–Crippen MR) is 238 cm³/mol. The summed E-state index contributed by atoms with van der Waals surface area (Å²) in [7, 11) is -1.09. The van der Waals surface area contributed by atoms with Gasteiger partial charge < -0.3 is 9.13 Å². The molecule has 0 aliphatic carbocycles. The lowest BCUT2D eigenvalue weighted by Crippen LogP contribution is -2.59. The molecule has 2 aliphatic rings. The van der Waals surface area contributed by atoms with Crippen LogP contribution in [-0.4, -0.2) is 34.1 Å². The first-order valence-electron chi connectivity index (χ1n) is 19.2. The molecule has 0 spiro atoms. The van der Waals surface area contributed by atoms with Gasteiger partial charge in [-0.3, -0.25) is 0 Å². The van der Waals surface area contributed by atoms with Gasteiger partial charge in [-0.25, -0.2) is 10.0 Å². The second kappa shape index (κ2) is 9.96. The number of nitrogens with zero attached hydrogens (tertiary/aromatic N) is 2.